The number of alkyl halides is 3. The Labute approximate surface area is 124 Å². The summed E-state index contributed by atoms with van der Waals surface area (Å²) in [6.07, 6.45) is 1.79. The van der Waals surface area contributed by atoms with Gasteiger partial charge in [0.1, 0.15) is 0 Å². The number of nitrogens with one attached hydrogen (secondary N) is 1. The normalized spacial score (nSPS) is 13.1. The van der Waals surface area contributed by atoms with Crippen LogP contribution in [0.4, 0.5) is 18.9 Å². The molecule has 0 saturated heterocycles. The van der Waals surface area contributed by atoms with Crippen molar-refractivity contribution in [2.75, 3.05) is 16.9 Å². The fourth-order valence-corrected chi connectivity index (χ4v) is 2.06. The van der Waals surface area contributed by atoms with Gasteiger partial charge in [-0.25, -0.2) is 0 Å². The molecule has 118 valence electrons. The largest absolute Gasteiger partial charge is 0.516 e. The first-order valence-corrected chi connectivity index (χ1v) is 8.40. The molecule has 0 atom stereocenters. The quantitative estimate of drug-likeness (QED) is 0.373. The molecular formula is C11H13F3N2O3S2. The first-order valence-electron chi connectivity index (χ1n) is 5.53. The second-order valence-electron chi connectivity index (χ2n) is 3.81. The van der Waals surface area contributed by atoms with Gasteiger partial charge in [-0.05, 0) is 19.2 Å². The molecule has 10 heteroatoms. The van der Waals surface area contributed by atoms with E-state index in [9.17, 15) is 21.6 Å². The van der Waals surface area contributed by atoms with Gasteiger partial charge in [-0.1, -0.05) is 23.4 Å². The van der Waals surface area contributed by atoms with E-state index in [1.807, 2.05) is 0 Å². The Kier molecular flexibility index (Phi) is 5.90. The van der Waals surface area contributed by atoms with Gasteiger partial charge in [0.15, 0.2) is 5.94 Å². The van der Waals surface area contributed by atoms with Gasteiger partial charge in [-0.15, -0.1) is 11.8 Å². The molecule has 0 aliphatic carbocycles. The zero-order chi connectivity index (χ0) is 16.1. The number of sulfonamides is 1. The maximum atomic E-state index is 12.4. The lowest BCUT2D eigenvalue weighted by Crippen LogP contribution is -2.30. The minimum atomic E-state index is -5.48. The van der Waals surface area contributed by atoms with Gasteiger partial charge < -0.3 is 4.84 Å². The van der Waals surface area contributed by atoms with Gasteiger partial charge in [-0.2, -0.15) is 21.6 Å². The number of halogens is 3. The number of para-hydroxylation sites is 1. The Hall–Kier alpha value is -1.42. The molecular weight excluding hydrogens is 329 g/mol. The number of anilines is 1. The van der Waals surface area contributed by atoms with Gasteiger partial charge in [0.25, 0.3) is 0 Å². The molecule has 0 aliphatic heterocycles. The van der Waals surface area contributed by atoms with E-state index in [-0.39, 0.29) is 22.9 Å². The SMILES string of the molecule is CSCO/N=C(\C)c1ccccc1NS(=O)(=O)C(F)(F)F. The van der Waals surface area contributed by atoms with Crippen molar-refractivity contribution in [2.45, 2.75) is 12.4 Å². The molecule has 1 N–H and O–H groups in total. The number of hydrogen-bond acceptors (Lipinski definition) is 5. The summed E-state index contributed by atoms with van der Waals surface area (Å²) in [6, 6.07) is 5.61. The van der Waals surface area contributed by atoms with Crippen LogP contribution < -0.4 is 4.72 Å². The minimum Gasteiger partial charge on any atom is -0.385 e. The van der Waals surface area contributed by atoms with Gasteiger partial charge in [0.2, 0.25) is 0 Å². The molecule has 0 aliphatic rings. The van der Waals surface area contributed by atoms with Crippen molar-refractivity contribution in [3.63, 3.8) is 0 Å². The van der Waals surface area contributed by atoms with E-state index in [0.29, 0.717) is 0 Å². The number of benzene rings is 1. The summed E-state index contributed by atoms with van der Waals surface area (Å²) in [6.45, 7) is 1.50. The van der Waals surface area contributed by atoms with E-state index in [4.69, 9.17) is 4.84 Å². The fraction of sp³-hybridized carbons (Fsp3) is 0.364. The molecule has 0 unspecified atom stereocenters. The maximum Gasteiger partial charge on any atom is 0.516 e. The molecule has 0 aromatic heterocycles. The van der Waals surface area contributed by atoms with Crippen molar-refractivity contribution >= 4 is 33.2 Å². The predicted molar refractivity (Wildman–Crippen MR) is 76.7 cm³/mol. The zero-order valence-corrected chi connectivity index (χ0v) is 12.8. The molecule has 0 spiro atoms. The highest BCUT2D eigenvalue weighted by Crippen LogP contribution is 2.27. The van der Waals surface area contributed by atoms with Crippen LogP contribution in [0.25, 0.3) is 0 Å². The number of rotatable bonds is 6. The molecule has 0 bridgehead atoms. The minimum absolute atomic E-state index is 0.200. The van der Waals surface area contributed by atoms with Crippen LogP contribution in [0.5, 0.6) is 0 Å². The van der Waals surface area contributed by atoms with E-state index < -0.39 is 15.5 Å². The van der Waals surface area contributed by atoms with Crippen molar-refractivity contribution < 1.29 is 26.4 Å². The molecule has 0 heterocycles. The van der Waals surface area contributed by atoms with Crippen LogP contribution in [0.3, 0.4) is 0 Å². The molecule has 5 nitrogen and oxygen atoms in total. The fourth-order valence-electron chi connectivity index (χ4n) is 1.32. The molecule has 1 aromatic rings. The number of nitrogens with zero attached hydrogens (tertiary/aromatic N) is 1. The summed E-state index contributed by atoms with van der Waals surface area (Å²) >= 11 is 1.37. The molecule has 1 aromatic carbocycles. The topological polar surface area (TPSA) is 67.8 Å². The van der Waals surface area contributed by atoms with Crippen LogP contribution in [0.2, 0.25) is 0 Å². The Morgan fingerprint density at radius 3 is 2.57 bits per heavy atom. The van der Waals surface area contributed by atoms with Crippen LogP contribution in [0.1, 0.15) is 12.5 Å². The summed E-state index contributed by atoms with van der Waals surface area (Å²) in [5.74, 6) is 0.272. The Balaban J connectivity index is 3.09. The Morgan fingerprint density at radius 2 is 2.00 bits per heavy atom. The molecule has 0 amide bonds. The van der Waals surface area contributed by atoms with Crippen molar-refractivity contribution in [2.24, 2.45) is 5.16 Å². The average Bonchev–Trinajstić information content (AvgIpc) is 2.37. The van der Waals surface area contributed by atoms with Crippen molar-refractivity contribution in [3.05, 3.63) is 29.8 Å². The van der Waals surface area contributed by atoms with E-state index in [2.05, 4.69) is 5.16 Å². The second-order valence-corrected chi connectivity index (χ2v) is 6.30. The lowest BCUT2D eigenvalue weighted by molar-refractivity contribution is -0.0429. The summed E-state index contributed by atoms with van der Waals surface area (Å²) in [4.78, 5) is 4.90. The van der Waals surface area contributed by atoms with Crippen LogP contribution >= 0.6 is 11.8 Å². The Bertz CT molecular complexity index is 615. The first-order chi connectivity index (χ1) is 9.69. The second kappa shape index (κ2) is 7.03. The summed E-state index contributed by atoms with van der Waals surface area (Å²) < 4.78 is 61.0. The summed E-state index contributed by atoms with van der Waals surface area (Å²) in [5, 5.41) is 3.72. The van der Waals surface area contributed by atoms with Gasteiger partial charge in [-0.3, -0.25) is 4.72 Å². The standard InChI is InChI=1S/C11H13F3N2O3S2/c1-8(15-19-7-20-2)9-5-3-4-6-10(9)16-21(17,18)11(12,13)14/h3-6,16H,7H2,1-2H3/b15-8+. The third kappa shape index (κ3) is 4.81. The van der Waals surface area contributed by atoms with E-state index in [0.717, 1.165) is 0 Å². The van der Waals surface area contributed by atoms with Crippen LogP contribution in [-0.2, 0) is 14.9 Å². The predicted octanol–water partition coefficient (Wildman–Crippen LogP) is 3.01. The zero-order valence-electron chi connectivity index (χ0n) is 11.1. The Morgan fingerprint density at radius 1 is 1.38 bits per heavy atom. The smallest absolute Gasteiger partial charge is 0.385 e. The van der Waals surface area contributed by atoms with E-state index in [1.165, 1.54) is 41.6 Å². The molecule has 0 saturated carbocycles. The molecule has 0 radical (unpaired) electrons. The summed E-state index contributed by atoms with van der Waals surface area (Å²) in [7, 11) is -5.48. The lowest BCUT2D eigenvalue weighted by atomic mass is 10.1. The highest BCUT2D eigenvalue weighted by molar-refractivity contribution is 7.98. The summed E-state index contributed by atoms with van der Waals surface area (Å²) in [5.41, 5.74) is -5.15. The highest BCUT2D eigenvalue weighted by atomic mass is 32.2. The van der Waals surface area contributed by atoms with Crippen molar-refractivity contribution in [3.8, 4) is 0 Å². The van der Waals surface area contributed by atoms with Gasteiger partial charge >= 0.3 is 15.5 Å². The number of thioether (sulfide) groups is 1. The first kappa shape index (κ1) is 17.6. The number of hydrogen-bond donors (Lipinski definition) is 1. The molecule has 21 heavy (non-hydrogen) atoms. The van der Waals surface area contributed by atoms with Crippen molar-refractivity contribution in [1.82, 2.24) is 0 Å². The third-order valence-electron chi connectivity index (χ3n) is 2.24. The van der Waals surface area contributed by atoms with Gasteiger partial charge in [0, 0.05) is 5.56 Å². The third-order valence-corrected chi connectivity index (χ3v) is 3.68. The van der Waals surface area contributed by atoms with Crippen LogP contribution in [0.15, 0.2) is 29.4 Å². The molecule has 1 rings (SSSR count). The highest BCUT2D eigenvalue weighted by Gasteiger charge is 2.46. The maximum absolute atomic E-state index is 12.4. The lowest BCUT2D eigenvalue weighted by Gasteiger charge is -2.13. The number of oxime groups is 1. The van der Waals surface area contributed by atoms with Gasteiger partial charge in [0.05, 0.1) is 11.4 Å². The average molecular weight is 342 g/mol. The van der Waals surface area contributed by atoms with E-state index in [1.54, 1.807) is 12.3 Å². The van der Waals surface area contributed by atoms with Crippen LogP contribution in [-0.4, -0.2) is 31.8 Å². The van der Waals surface area contributed by atoms with Crippen LogP contribution in [0, 0.1) is 0 Å². The van der Waals surface area contributed by atoms with E-state index >= 15 is 0 Å². The molecule has 0 fully saturated rings. The monoisotopic (exact) mass is 342 g/mol. The van der Waals surface area contributed by atoms with Crippen molar-refractivity contribution in [1.29, 1.82) is 0 Å².